The molecule has 43 heavy (non-hydrogen) atoms. The zero-order valence-electron chi connectivity index (χ0n) is 25.8. The number of hydrogen-bond donors (Lipinski definition) is 1. The second-order valence-electron chi connectivity index (χ2n) is 13.4. The molecule has 4 aliphatic rings. The van der Waals surface area contributed by atoms with Gasteiger partial charge < -0.3 is 20.3 Å². The Morgan fingerprint density at radius 1 is 0.907 bits per heavy atom. The summed E-state index contributed by atoms with van der Waals surface area (Å²) in [6.45, 7) is 15.2. The fourth-order valence-electron chi connectivity index (χ4n) is 7.80. The summed E-state index contributed by atoms with van der Waals surface area (Å²) < 4.78 is 5.59. The maximum absolute atomic E-state index is 11.5. The number of ether oxygens (including phenoxy) is 1. The van der Waals surface area contributed by atoms with Crippen LogP contribution in [-0.2, 0) is 4.74 Å². The molecule has 1 amide bonds. The second-order valence-corrected chi connectivity index (χ2v) is 13.8. The van der Waals surface area contributed by atoms with E-state index in [0.717, 1.165) is 88.6 Å². The molecule has 1 aliphatic carbocycles. The van der Waals surface area contributed by atoms with Gasteiger partial charge in [0.2, 0.25) is 5.91 Å². The Bertz CT molecular complexity index is 1260. The zero-order valence-corrected chi connectivity index (χ0v) is 26.5. The van der Waals surface area contributed by atoms with Gasteiger partial charge in [0, 0.05) is 74.7 Å². The fraction of sp³-hybridized carbons (Fsp3) is 0.571. The molecule has 0 spiro atoms. The van der Waals surface area contributed by atoms with Crippen LogP contribution in [0.4, 0.5) is 5.69 Å². The van der Waals surface area contributed by atoms with Crippen molar-refractivity contribution >= 4 is 28.8 Å². The van der Waals surface area contributed by atoms with Gasteiger partial charge in [-0.1, -0.05) is 36.2 Å². The Kier molecular flexibility index (Phi) is 9.75. The molecule has 6 rings (SSSR count). The van der Waals surface area contributed by atoms with Crippen molar-refractivity contribution in [3.8, 4) is 0 Å². The number of hydrogen-bond acceptors (Lipinski definition) is 6. The summed E-state index contributed by atoms with van der Waals surface area (Å²) in [5, 5.41) is 0.798. The first kappa shape index (κ1) is 30.6. The van der Waals surface area contributed by atoms with Crippen molar-refractivity contribution in [2.75, 3.05) is 83.6 Å². The molecule has 3 heterocycles. The second kappa shape index (κ2) is 13.7. The highest BCUT2D eigenvalue weighted by atomic mass is 35.5. The number of likely N-dealkylation sites (tertiary alicyclic amines) is 1. The molecular weight excluding hydrogens is 558 g/mol. The molecule has 7 nitrogen and oxygen atoms in total. The Morgan fingerprint density at radius 3 is 2.23 bits per heavy atom. The predicted molar refractivity (Wildman–Crippen MR) is 176 cm³/mol. The van der Waals surface area contributed by atoms with Crippen molar-refractivity contribution in [1.82, 2.24) is 14.7 Å². The van der Waals surface area contributed by atoms with Gasteiger partial charge in [-0.05, 0) is 98.1 Å². The molecule has 0 saturated carbocycles. The molecule has 3 saturated heterocycles. The van der Waals surface area contributed by atoms with Gasteiger partial charge in [0.25, 0.3) is 0 Å². The maximum atomic E-state index is 11.5. The van der Waals surface area contributed by atoms with Crippen LogP contribution >= 0.6 is 11.6 Å². The van der Waals surface area contributed by atoms with Gasteiger partial charge in [-0.25, -0.2) is 0 Å². The van der Waals surface area contributed by atoms with Gasteiger partial charge in [0.1, 0.15) is 0 Å². The van der Waals surface area contributed by atoms with Crippen molar-refractivity contribution < 1.29 is 9.53 Å². The number of nitrogens with two attached hydrogens (primary N) is 1. The Morgan fingerprint density at radius 2 is 1.58 bits per heavy atom. The van der Waals surface area contributed by atoms with Crippen LogP contribution in [0, 0.1) is 5.41 Å². The molecular formula is C35H48ClN5O2. The minimum atomic E-state index is -0.377. The van der Waals surface area contributed by atoms with Crippen LogP contribution < -0.4 is 10.6 Å². The molecule has 1 atom stereocenters. The first-order valence-electron chi connectivity index (χ1n) is 16.2. The molecule has 232 valence electrons. The summed E-state index contributed by atoms with van der Waals surface area (Å²) in [5.74, 6) is -0.377. The fourth-order valence-corrected chi connectivity index (χ4v) is 7.92. The van der Waals surface area contributed by atoms with Crippen molar-refractivity contribution in [3.05, 3.63) is 70.3 Å². The number of carbonyl (C=O) groups is 1. The van der Waals surface area contributed by atoms with E-state index in [9.17, 15) is 4.79 Å². The van der Waals surface area contributed by atoms with E-state index in [-0.39, 0.29) is 5.91 Å². The van der Waals surface area contributed by atoms with Crippen LogP contribution in [0.15, 0.2) is 54.1 Å². The molecule has 0 radical (unpaired) electrons. The molecule has 3 aliphatic heterocycles. The number of allylic oxidation sites excluding steroid dienone is 1. The third-order valence-corrected chi connectivity index (χ3v) is 10.5. The summed E-state index contributed by atoms with van der Waals surface area (Å²) in [6, 6.07) is 16.9. The van der Waals surface area contributed by atoms with E-state index in [0.29, 0.717) is 11.0 Å². The number of primary amides is 1. The summed E-state index contributed by atoms with van der Waals surface area (Å²) >= 11 is 6.28. The van der Waals surface area contributed by atoms with Gasteiger partial charge in [-0.3, -0.25) is 14.6 Å². The normalized spacial score (nSPS) is 25.3. The van der Waals surface area contributed by atoms with Crippen LogP contribution in [0.2, 0.25) is 5.02 Å². The average molecular weight is 606 g/mol. The minimum Gasteiger partial charge on any atom is -0.379 e. The topological polar surface area (TPSA) is 65.3 Å². The first-order valence-corrected chi connectivity index (χ1v) is 16.6. The van der Waals surface area contributed by atoms with Gasteiger partial charge in [-0.2, -0.15) is 0 Å². The molecule has 2 aromatic carbocycles. The Balaban J connectivity index is 1.10. The standard InChI is InChI=1S/C35H48ClN5O2/c1-35(26-39-14-11-32(12-15-39)41-20-22-43-23-21-41)13-10-33(27-2-6-30(36)7-3-27)29(24-35)25-38-16-18-40(19-17-38)31-8-4-28(5-9-31)34(37)42/h2-9,32H,10-26H2,1H3,(H2,37,42)/t35-/m1/s1. The third-order valence-electron chi connectivity index (χ3n) is 10.3. The summed E-state index contributed by atoms with van der Waals surface area (Å²) in [4.78, 5) is 22.0. The van der Waals surface area contributed by atoms with Crippen molar-refractivity contribution in [2.45, 2.75) is 45.1 Å². The number of benzene rings is 2. The lowest BCUT2D eigenvalue weighted by atomic mass is 9.71. The molecule has 8 heteroatoms. The van der Waals surface area contributed by atoms with Gasteiger partial charge in [0.15, 0.2) is 0 Å². The lowest BCUT2D eigenvalue weighted by Crippen LogP contribution is -2.51. The smallest absolute Gasteiger partial charge is 0.248 e. The summed E-state index contributed by atoms with van der Waals surface area (Å²) in [7, 11) is 0. The van der Waals surface area contributed by atoms with Crippen molar-refractivity contribution in [3.63, 3.8) is 0 Å². The number of amides is 1. The number of nitrogens with zero attached hydrogens (tertiary/aromatic N) is 4. The van der Waals surface area contributed by atoms with E-state index >= 15 is 0 Å². The largest absolute Gasteiger partial charge is 0.379 e. The van der Waals surface area contributed by atoms with Gasteiger partial charge in [0.05, 0.1) is 13.2 Å². The monoisotopic (exact) mass is 605 g/mol. The predicted octanol–water partition coefficient (Wildman–Crippen LogP) is 5.00. The highest BCUT2D eigenvalue weighted by Gasteiger charge is 2.36. The molecule has 0 bridgehead atoms. The quantitative estimate of drug-likeness (QED) is 0.457. The Hall–Kier alpha value is -2.42. The number of piperidine rings is 1. The minimum absolute atomic E-state index is 0.293. The van der Waals surface area contributed by atoms with Crippen LogP contribution in [0.3, 0.4) is 0 Å². The number of anilines is 1. The van der Waals surface area contributed by atoms with E-state index in [2.05, 4.69) is 38.7 Å². The summed E-state index contributed by atoms with van der Waals surface area (Å²) in [6.07, 6.45) is 6.08. The lowest BCUT2D eigenvalue weighted by Gasteiger charge is -2.45. The average Bonchev–Trinajstić information content (AvgIpc) is 3.03. The number of morpholine rings is 1. The first-order chi connectivity index (χ1) is 20.8. The molecule has 0 aromatic heterocycles. The van der Waals surface area contributed by atoms with E-state index in [4.69, 9.17) is 22.1 Å². The van der Waals surface area contributed by atoms with E-state index < -0.39 is 0 Å². The number of carbonyl (C=O) groups excluding carboxylic acids is 1. The highest BCUT2D eigenvalue weighted by Crippen LogP contribution is 2.44. The van der Waals surface area contributed by atoms with Crippen LogP contribution in [0.5, 0.6) is 0 Å². The molecule has 2 aromatic rings. The number of halogens is 1. The Labute approximate surface area is 262 Å². The molecule has 0 unspecified atom stereocenters. The number of piperazine rings is 1. The SMILES string of the molecule is C[C@@]1(CN2CCC(N3CCOCC3)CC2)CCC(c2ccc(Cl)cc2)=C(CN2CCN(c3ccc(C(N)=O)cc3)CC2)C1. The van der Waals surface area contributed by atoms with Crippen LogP contribution in [0.1, 0.15) is 54.9 Å². The van der Waals surface area contributed by atoms with Crippen LogP contribution in [-0.4, -0.2) is 105 Å². The van der Waals surface area contributed by atoms with Gasteiger partial charge in [-0.15, -0.1) is 0 Å². The molecule has 2 N–H and O–H groups in total. The number of rotatable bonds is 8. The van der Waals surface area contributed by atoms with Crippen molar-refractivity contribution in [1.29, 1.82) is 0 Å². The van der Waals surface area contributed by atoms with E-state index in [1.165, 1.54) is 50.0 Å². The maximum Gasteiger partial charge on any atom is 0.248 e. The van der Waals surface area contributed by atoms with Gasteiger partial charge >= 0.3 is 0 Å². The van der Waals surface area contributed by atoms with Crippen molar-refractivity contribution in [2.24, 2.45) is 11.1 Å². The zero-order chi connectivity index (χ0) is 29.8. The van der Waals surface area contributed by atoms with Crippen LogP contribution in [0.25, 0.3) is 5.57 Å². The molecule has 3 fully saturated rings. The van der Waals surface area contributed by atoms with E-state index in [1.54, 1.807) is 5.57 Å². The summed E-state index contributed by atoms with van der Waals surface area (Å²) in [5.41, 5.74) is 11.9. The van der Waals surface area contributed by atoms with E-state index in [1.807, 2.05) is 36.4 Å². The third kappa shape index (κ3) is 7.63. The highest BCUT2D eigenvalue weighted by molar-refractivity contribution is 6.30. The lowest BCUT2D eigenvalue weighted by molar-refractivity contribution is -0.00305.